The fourth-order valence-electron chi connectivity index (χ4n) is 7.85. The highest BCUT2D eigenvalue weighted by atomic mass is 15.2. The third-order valence-corrected chi connectivity index (χ3v) is 9.92. The molecule has 6 aromatic carbocycles. The number of nitrogens with zero attached hydrogens (tertiary/aromatic N) is 5. The summed E-state index contributed by atoms with van der Waals surface area (Å²) in [7, 11) is 0. The molecule has 0 N–H and O–H groups in total. The molecule has 0 saturated carbocycles. The highest BCUT2D eigenvalue weighted by molar-refractivity contribution is 6.14. The van der Waals surface area contributed by atoms with Crippen molar-refractivity contribution >= 4 is 54.5 Å². The lowest BCUT2D eigenvalue weighted by atomic mass is 10.0. The van der Waals surface area contributed by atoms with Crippen LogP contribution >= 0.6 is 0 Å². The molecule has 0 saturated heterocycles. The summed E-state index contributed by atoms with van der Waals surface area (Å²) in [6.45, 7) is 0. The molecule has 48 heavy (non-hydrogen) atoms. The van der Waals surface area contributed by atoms with Gasteiger partial charge < -0.3 is 4.57 Å². The Hall–Kier alpha value is -6.59. The van der Waals surface area contributed by atoms with Crippen molar-refractivity contribution in [2.75, 3.05) is 0 Å². The lowest BCUT2D eigenvalue weighted by molar-refractivity contribution is 1.02. The van der Waals surface area contributed by atoms with Crippen LogP contribution < -0.4 is 0 Å². The first kappa shape index (κ1) is 25.6. The Morgan fingerprint density at radius 1 is 0.417 bits per heavy atom. The highest BCUT2D eigenvalue weighted by Gasteiger charge is 2.26. The van der Waals surface area contributed by atoms with E-state index in [1.54, 1.807) is 0 Å². The van der Waals surface area contributed by atoms with E-state index in [9.17, 15) is 0 Å². The molecule has 10 aromatic rings. The summed E-state index contributed by atoms with van der Waals surface area (Å²) < 4.78 is 4.57. The second kappa shape index (κ2) is 9.47. The Morgan fingerprint density at radius 3 is 1.79 bits per heavy atom. The van der Waals surface area contributed by atoms with E-state index >= 15 is 0 Å². The zero-order valence-corrected chi connectivity index (χ0v) is 25.7. The molecule has 0 bridgehead atoms. The van der Waals surface area contributed by atoms with Crippen molar-refractivity contribution in [1.82, 2.24) is 24.1 Å². The molecule has 4 heterocycles. The number of hydrogen-bond donors (Lipinski definition) is 0. The molecule has 1 aliphatic rings. The first-order valence-electron chi connectivity index (χ1n) is 16.2. The lowest BCUT2D eigenvalue weighted by Crippen LogP contribution is -2.02. The molecule has 5 nitrogen and oxygen atoms in total. The standard InChI is InChI=1S/C43H25N5/c1-2-10-28(11-3-1)47-36-17-6-4-12-29(36)33-24-26(19-21-38(33)47)27-20-22-39-34(25-27)30-13-5-7-18-37(30)48(39)43-45-35-16-8-14-31-40(35)42(46-43)32-15-9-23-44-41(31)32/h1-25H. The summed E-state index contributed by atoms with van der Waals surface area (Å²) in [6.07, 6.45) is 1.85. The predicted octanol–water partition coefficient (Wildman–Crippen LogP) is 10.5. The summed E-state index contributed by atoms with van der Waals surface area (Å²) in [5, 5.41) is 5.91. The lowest BCUT2D eigenvalue weighted by Gasteiger charge is -2.10. The van der Waals surface area contributed by atoms with Crippen molar-refractivity contribution in [2.45, 2.75) is 0 Å². The maximum atomic E-state index is 5.24. The predicted molar refractivity (Wildman–Crippen MR) is 196 cm³/mol. The van der Waals surface area contributed by atoms with Crippen molar-refractivity contribution in [3.8, 4) is 45.3 Å². The number of pyridine rings is 1. The Labute approximate surface area is 275 Å². The minimum atomic E-state index is 0.667. The fraction of sp³-hybridized carbons (Fsp3) is 0. The van der Waals surface area contributed by atoms with Crippen LogP contribution in [-0.4, -0.2) is 24.1 Å². The molecule has 1 aliphatic carbocycles. The van der Waals surface area contributed by atoms with Crippen LogP contribution in [0.25, 0.3) is 99.8 Å². The van der Waals surface area contributed by atoms with E-state index in [2.05, 4.69) is 149 Å². The molecule has 0 fully saturated rings. The van der Waals surface area contributed by atoms with Crippen LogP contribution in [0.1, 0.15) is 0 Å². The maximum Gasteiger partial charge on any atom is 0.235 e. The minimum Gasteiger partial charge on any atom is -0.309 e. The van der Waals surface area contributed by atoms with Crippen LogP contribution in [0.15, 0.2) is 152 Å². The number of hydrogen-bond acceptors (Lipinski definition) is 3. The van der Waals surface area contributed by atoms with Crippen LogP contribution in [0.4, 0.5) is 0 Å². The second-order valence-electron chi connectivity index (χ2n) is 12.5. The Balaban J connectivity index is 1.12. The fourth-order valence-corrected chi connectivity index (χ4v) is 7.85. The van der Waals surface area contributed by atoms with Gasteiger partial charge in [-0.05, 0) is 77.9 Å². The number of para-hydroxylation sites is 3. The molecule has 0 radical (unpaired) electrons. The normalized spacial score (nSPS) is 12.2. The van der Waals surface area contributed by atoms with Crippen molar-refractivity contribution in [3.63, 3.8) is 0 Å². The monoisotopic (exact) mass is 611 g/mol. The molecule has 11 rings (SSSR count). The third kappa shape index (κ3) is 3.42. The summed E-state index contributed by atoms with van der Waals surface area (Å²) in [4.78, 5) is 15.1. The van der Waals surface area contributed by atoms with Gasteiger partial charge in [-0.2, -0.15) is 0 Å². The van der Waals surface area contributed by atoms with Gasteiger partial charge in [0.2, 0.25) is 5.95 Å². The van der Waals surface area contributed by atoms with Gasteiger partial charge in [-0.3, -0.25) is 9.55 Å². The van der Waals surface area contributed by atoms with Crippen LogP contribution in [0.5, 0.6) is 0 Å². The number of fused-ring (bicyclic) bond motifs is 9. The Kier molecular flexibility index (Phi) is 5.05. The van der Waals surface area contributed by atoms with Crippen LogP contribution in [0.2, 0.25) is 0 Å². The average Bonchev–Trinajstić information content (AvgIpc) is 3.78. The van der Waals surface area contributed by atoms with Gasteiger partial charge >= 0.3 is 0 Å². The minimum absolute atomic E-state index is 0.667. The first-order chi connectivity index (χ1) is 23.8. The molecule has 0 spiro atoms. The van der Waals surface area contributed by atoms with Crippen molar-refractivity contribution in [1.29, 1.82) is 0 Å². The SMILES string of the molecule is c1ccc(-n2c3ccccc3c3cc(-c4ccc5c(c4)c4ccccc4n5-c4nc5c6c(cccc6n4)-c4ncccc4-5)ccc32)cc1. The van der Waals surface area contributed by atoms with Crippen LogP contribution in [-0.2, 0) is 0 Å². The van der Waals surface area contributed by atoms with Gasteiger partial charge in [-0.1, -0.05) is 78.9 Å². The van der Waals surface area contributed by atoms with Crippen LogP contribution in [0, 0.1) is 0 Å². The number of aromatic nitrogens is 5. The Morgan fingerprint density at radius 2 is 1.04 bits per heavy atom. The molecule has 0 aliphatic heterocycles. The van der Waals surface area contributed by atoms with E-state index in [1.165, 1.54) is 43.7 Å². The second-order valence-corrected chi connectivity index (χ2v) is 12.5. The van der Waals surface area contributed by atoms with Gasteiger partial charge in [-0.15, -0.1) is 0 Å². The molecule has 4 aromatic heterocycles. The van der Waals surface area contributed by atoms with Gasteiger partial charge in [0.05, 0.1) is 39.0 Å². The molecule has 0 unspecified atom stereocenters. The zero-order chi connectivity index (χ0) is 31.3. The van der Waals surface area contributed by atoms with E-state index in [1.807, 2.05) is 12.3 Å². The number of rotatable bonds is 3. The quantitative estimate of drug-likeness (QED) is 0.200. The summed E-state index contributed by atoms with van der Waals surface area (Å²) in [5.41, 5.74) is 13.1. The van der Waals surface area contributed by atoms with E-state index in [4.69, 9.17) is 15.0 Å². The van der Waals surface area contributed by atoms with Gasteiger partial charge in [-0.25, -0.2) is 9.97 Å². The molecule has 5 heteroatoms. The molecular formula is C43H25N5. The summed E-state index contributed by atoms with van der Waals surface area (Å²) in [5.74, 6) is 0.667. The summed E-state index contributed by atoms with van der Waals surface area (Å²) in [6, 6.07) is 51.8. The van der Waals surface area contributed by atoms with E-state index in [-0.39, 0.29) is 0 Å². The van der Waals surface area contributed by atoms with Crippen LogP contribution in [0.3, 0.4) is 0 Å². The van der Waals surface area contributed by atoms with Gasteiger partial charge in [0, 0.05) is 49.9 Å². The van der Waals surface area contributed by atoms with E-state index in [0.29, 0.717) is 5.95 Å². The van der Waals surface area contributed by atoms with Crippen molar-refractivity contribution in [3.05, 3.63) is 152 Å². The third-order valence-electron chi connectivity index (χ3n) is 9.92. The molecule has 0 amide bonds. The highest BCUT2D eigenvalue weighted by Crippen LogP contribution is 2.45. The smallest absolute Gasteiger partial charge is 0.235 e. The molecule has 222 valence electrons. The molecular weight excluding hydrogens is 587 g/mol. The van der Waals surface area contributed by atoms with Gasteiger partial charge in [0.25, 0.3) is 0 Å². The largest absolute Gasteiger partial charge is 0.309 e. The van der Waals surface area contributed by atoms with E-state index in [0.717, 1.165) is 50.1 Å². The van der Waals surface area contributed by atoms with E-state index < -0.39 is 0 Å². The van der Waals surface area contributed by atoms with Crippen molar-refractivity contribution < 1.29 is 0 Å². The van der Waals surface area contributed by atoms with Crippen molar-refractivity contribution in [2.24, 2.45) is 0 Å². The zero-order valence-electron chi connectivity index (χ0n) is 25.7. The summed E-state index contributed by atoms with van der Waals surface area (Å²) >= 11 is 0. The maximum absolute atomic E-state index is 5.24. The topological polar surface area (TPSA) is 48.5 Å². The first-order valence-corrected chi connectivity index (χ1v) is 16.2. The van der Waals surface area contributed by atoms with Gasteiger partial charge in [0.15, 0.2) is 0 Å². The van der Waals surface area contributed by atoms with Gasteiger partial charge in [0.1, 0.15) is 0 Å². The number of benzene rings is 6. The Bertz CT molecular complexity index is 2950. The molecule has 0 atom stereocenters. The average molecular weight is 612 g/mol.